The summed E-state index contributed by atoms with van der Waals surface area (Å²) in [6.07, 6.45) is 1.47. The van der Waals surface area contributed by atoms with Crippen LogP contribution in [-0.4, -0.2) is 23.1 Å². The zero-order valence-electron chi connectivity index (χ0n) is 10.8. The van der Waals surface area contributed by atoms with Crippen molar-refractivity contribution in [2.45, 2.75) is 32.0 Å². The first-order valence-corrected chi connectivity index (χ1v) is 5.74. The molecule has 0 aliphatic carbocycles. The van der Waals surface area contributed by atoms with Gasteiger partial charge in [0.05, 0.1) is 17.4 Å². The lowest BCUT2D eigenvalue weighted by atomic mass is 9.81. The Kier molecular flexibility index (Phi) is 2.82. The molecule has 1 atom stereocenters. The Morgan fingerprint density at radius 1 is 1.33 bits per heavy atom. The zero-order valence-corrected chi connectivity index (χ0v) is 10.8. The smallest absolute Gasteiger partial charge is 0.218 e. The minimum atomic E-state index is -1.15. The minimum Gasteiger partial charge on any atom is -0.370 e. The molecule has 0 saturated heterocycles. The second-order valence-corrected chi connectivity index (χ2v) is 4.91. The van der Waals surface area contributed by atoms with Gasteiger partial charge in [-0.1, -0.05) is 6.07 Å². The highest BCUT2D eigenvalue weighted by Gasteiger charge is 2.45. The van der Waals surface area contributed by atoms with Crippen molar-refractivity contribution in [1.82, 2.24) is 10.3 Å². The molecule has 6 heteroatoms. The lowest BCUT2D eigenvalue weighted by Crippen LogP contribution is -2.57. The number of hydrogen-bond acceptors (Lipinski definition) is 6. The normalized spacial score (nSPS) is 23.4. The quantitative estimate of drug-likeness (QED) is 0.695. The van der Waals surface area contributed by atoms with Crippen molar-refractivity contribution in [1.29, 1.82) is 0 Å². The van der Waals surface area contributed by atoms with Gasteiger partial charge in [0.25, 0.3) is 0 Å². The number of aromatic nitrogens is 1. The number of aryl methyl sites for hydroxylation is 1. The van der Waals surface area contributed by atoms with Crippen molar-refractivity contribution in [2.24, 2.45) is 21.5 Å². The van der Waals surface area contributed by atoms with E-state index in [0.29, 0.717) is 0 Å². The van der Waals surface area contributed by atoms with Crippen molar-refractivity contribution >= 4 is 12.3 Å². The SMILES string of the molecule is Cc1cccc(C(C)(C)C2(N)N=CNC(N)=N2)n1. The lowest BCUT2D eigenvalue weighted by molar-refractivity contribution is 0.268. The Balaban J connectivity index is 2.48. The van der Waals surface area contributed by atoms with E-state index in [4.69, 9.17) is 11.5 Å². The third kappa shape index (κ3) is 1.95. The van der Waals surface area contributed by atoms with Crippen molar-refractivity contribution < 1.29 is 0 Å². The Morgan fingerprint density at radius 3 is 2.67 bits per heavy atom. The molecule has 0 amide bonds. The molecule has 6 nitrogen and oxygen atoms in total. The molecule has 0 saturated carbocycles. The number of aliphatic imine (C=N–C) groups is 2. The van der Waals surface area contributed by atoms with Crippen molar-refractivity contribution in [3.8, 4) is 0 Å². The van der Waals surface area contributed by atoms with Gasteiger partial charge in [0.2, 0.25) is 5.79 Å². The number of guanidine groups is 1. The molecule has 1 unspecified atom stereocenters. The number of rotatable bonds is 2. The molecule has 5 N–H and O–H groups in total. The van der Waals surface area contributed by atoms with E-state index in [1.165, 1.54) is 6.34 Å². The van der Waals surface area contributed by atoms with Crippen molar-refractivity contribution in [2.75, 3.05) is 0 Å². The zero-order chi connectivity index (χ0) is 13.4. The first-order chi connectivity index (χ1) is 8.35. The molecule has 0 radical (unpaired) electrons. The highest BCUT2D eigenvalue weighted by molar-refractivity contribution is 5.90. The molecule has 2 heterocycles. The highest BCUT2D eigenvalue weighted by Crippen LogP contribution is 2.34. The van der Waals surface area contributed by atoms with Crippen LogP contribution in [0.4, 0.5) is 0 Å². The van der Waals surface area contributed by atoms with Gasteiger partial charge in [-0.25, -0.2) is 9.98 Å². The molecule has 0 aromatic carbocycles. The van der Waals surface area contributed by atoms with E-state index >= 15 is 0 Å². The number of pyridine rings is 1. The summed E-state index contributed by atoms with van der Waals surface area (Å²) in [5.41, 5.74) is 13.1. The summed E-state index contributed by atoms with van der Waals surface area (Å²) in [6, 6.07) is 5.80. The summed E-state index contributed by atoms with van der Waals surface area (Å²) in [6.45, 7) is 5.84. The molecule has 1 aromatic heterocycles. The molecular formula is C12H18N6. The van der Waals surface area contributed by atoms with Gasteiger partial charge in [-0.15, -0.1) is 0 Å². The van der Waals surface area contributed by atoms with Gasteiger partial charge < -0.3 is 11.1 Å². The van der Waals surface area contributed by atoms with Gasteiger partial charge in [-0.3, -0.25) is 10.7 Å². The summed E-state index contributed by atoms with van der Waals surface area (Å²) in [4.78, 5) is 12.9. The van der Waals surface area contributed by atoms with E-state index in [-0.39, 0.29) is 5.96 Å². The molecule has 2 rings (SSSR count). The minimum absolute atomic E-state index is 0.258. The summed E-state index contributed by atoms with van der Waals surface area (Å²) in [5.74, 6) is -0.892. The molecule has 96 valence electrons. The highest BCUT2D eigenvalue weighted by atomic mass is 15.3. The second kappa shape index (κ2) is 4.06. The van der Waals surface area contributed by atoms with Gasteiger partial charge in [0.1, 0.15) is 0 Å². The van der Waals surface area contributed by atoms with Gasteiger partial charge >= 0.3 is 0 Å². The topological polar surface area (TPSA) is 102 Å². The average Bonchev–Trinajstić information content (AvgIpc) is 2.28. The summed E-state index contributed by atoms with van der Waals surface area (Å²) < 4.78 is 0. The molecular weight excluding hydrogens is 228 g/mol. The van der Waals surface area contributed by atoms with E-state index in [2.05, 4.69) is 20.3 Å². The van der Waals surface area contributed by atoms with Gasteiger partial charge in [-0.05, 0) is 32.9 Å². The Morgan fingerprint density at radius 2 is 2.06 bits per heavy atom. The van der Waals surface area contributed by atoms with E-state index in [0.717, 1.165) is 11.4 Å². The fourth-order valence-electron chi connectivity index (χ4n) is 1.82. The summed E-state index contributed by atoms with van der Waals surface area (Å²) in [5, 5.41) is 2.71. The first-order valence-electron chi connectivity index (χ1n) is 5.74. The van der Waals surface area contributed by atoms with Crippen LogP contribution < -0.4 is 16.8 Å². The van der Waals surface area contributed by atoms with Crippen LogP contribution in [0.2, 0.25) is 0 Å². The summed E-state index contributed by atoms with van der Waals surface area (Å²) in [7, 11) is 0. The molecule has 0 fully saturated rings. The van der Waals surface area contributed by atoms with Crippen molar-refractivity contribution in [3.63, 3.8) is 0 Å². The van der Waals surface area contributed by atoms with E-state index in [1.54, 1.807) is 0 Å². The average molecular weight is 246 g/mol. The molecule has 1 aliphatic heterocycles. The van der Waals surface area contributed by atoms with Crippen LogP contribution in [0.1, 0.15) is 25.2 Å². The summed E-state index contributed by atoms with van der Waals surface area (Å²) >= 11 is 0. The van der Waals surface area contributed by atoms with Gasteiger partial charge in [0.15, 0.2) is 5.96 Å². The van der Waals surface area contributed by atoms with Crippen LogP contribution in [0.25, 0.3) is 0 Å². The largest absolute Gasteiger partial charge is 0.370 e. The molecule has 0 bridgehead atoms. The number of nitrogens with two attached hydrogens (primary N) is 2. The maximum atomic E-state index is 6.26. The van der Waals surface area contributed by atoms with Crippen LogP contribution in [0.15, 0.2) is 28.2 Å². The fourth-order valence-corrected chi connectivity index (χ4v) is 1.82. The Bertz CT molecular complexity index is 519. The Hall–Kier alpha value is -1.95. The van der Waals surface area contributed by atoms with Crippen LogP contribution in [0.3, 0.4) is 0 Å². The predicted molar refractivity (Wildman–Crippen MR) is 72.2 cm³/mol. The van der Waals surface area contributed by atoms with Crippen LogP contribution in [-0.2, 0) is 5.41 Å². The molecule has 0 spiro atoms. The van der Waals surface area contributed by atoms with Crippen LogP contribution >= 0.6 is 0 Å². The number of nitrogens with one attached hydrogen (secondary N) is 1. The third-order valence-electron chi connectivity index (χ3n) is 3.21. The molecule has 1 aromatic rings. The van der Waals surface area contributed by atoms with Crippen LogP contribution in [0, 0.1) is 6.92 Å². The van der Waals surface area contributed by atoms with Gasteiger partial charge in [0, 0.05) is 5.69 Å². The van der Waals surface area contributed by atoms with Crippen LogP contribution in [0.5, 0.6) is 0 Å². The van der Waals surface area contributed by atoms with Gasteiger partial charge in [-0.2, -0.15) is 0 Å². The molecule has 1 aliphatic rings. The Labute approximate surface area is 106 Å². The third-order valence-corrected chi connectivity index (χ3v) is 3.21. The number of nitrogens with zero attached hydrogens (tertiary/aromatic N) is 3. The fraction of sp³-hybridized carbons (Fsp3) is 0.417. The maximum absolute atomic E-state index is 6.26. The monoisotopic (exact) mass is 246 g/mol. The standard InChI is InChI=1S/C12H18N6/c1-8-5-4-6-9(17-8)11(2,3)12(14)16-7-15-10(13)18-12/h4-7H,14H2,1-3H3,(H3,13,15,16,18). The predicted octanol–water partition coefficient (Wildman–Crippen LogP) is 0.226. The molecule has 18 heavy (non-hydrogen) atoms. The first kappa shape index (κ1) is 12.5. The van der Waals surface area contributed by atoms with E-state index < -0.39 is 11.2 Å². The maximum Gasteiger partial charge on any atom is 0.218 e. The van der Waals surface area contributed by atoms with E-state index in [1.807, 2.05) is 39.0 Å². The van der Waals surface area contributed by atoms with E-state index in [9.17, 15) is 0 Å². The lowest BCUT2D eigenvalue weighted by Gasteiger charge is -2.38. The number of hydrogen-bond donors (Lipinski definition) is 3. The second-order valence-electron chi connectivity index (χ2n) is 4.91. The van der Waals surface area contributed by atoms with Crippen molar-refractivity contribution in [3.05, 3.63) is 29.6 Å².